The summed E-state index contributed by atoms with van der Waals surface area (Å²) >= 11 is 3.09. The van der Waals surface area contributed by atoms with E-state index < -0.39 is 12.3 Å². The van der Waals surface area contributed by atoms with Crippen LogP contribution >= 0.6 is 15.9 Å². The molecule has 0 saturated carbocycles. The Morgan fingerprint density at radius 2 is 2.15 bits per heavy atom. The number of carboxylic acids is 1. The van der Waals surface area contributed by atoms with Crippen molar-refractivity contribution in [1.82, 2.24) is 0 Å². The summed E-state index contributed by atoms with van der Waals surface area (Å²) in [6.07, 6.45) is -2.33. The second kappa shape index (κ2) is 4.23. The third-order valence-electron chi connectivity index (χ3n) is 1.26. The van der Waals surface area contributed by atoms with Crippen molar-refractivity contribution >= 4 is 21.9 Å². The van der Waals surface area contributed by atoms with Crippen LogP contribution in [0.25, 0.3) is 0 Å². The lowest BCUT2D eigenvalue weighted by Crippen LogP contribution is -2.21. The highest BCUT2D eigenvalue weighted by molar-refractivity contribution is 9.10. The third kappa shape index (κ3) is 2.69. The van der Waals surface area contributed by atoms with E-state index in [1.54, 1.807) is 18.2 Å². The van der Waals surface area contributed by atoms with E-state index in [-0.39, 0.29) is 5.75 Å². The summed E-state index contributed by atoms with van der Waals surface area (Å²) < 4.78 is 17.6. The molecule has 0 aromatic heterocycles. The molecule has 0 aliphatic rings. The molecule has 0 spiro atoms. The van der Waals surface area contributed by atoms with Gasteiger partial charge in [-0.1, -0.05) is 12.1 Å². The Balaban J connectivity index is 2.74. The first-order valence-electron chi connectivity index (χ1n) is 3.39. The van der Waals surface area contributed by atoms with Gasteiger partial charge in [0.25, 0.3) is 0 Å². The molecule has 1 unspecified atom stereocenters. The summed E-state index contributed by atoms with van der Waals surface area (Å²) in [6, 6.07) is 6.43. The summed E-state index contributed by atoms with van der Waals surface area (Å²) in [5.41, 5.74) is 0. The fourth-order valence-corrected chi connectivity index (χ4v) is 1.08. The Morgan fingerprint density at radius 1 is 1.54 bits per heavy atom. The zero-order valence-electron chi connectivity index (χ0n) is 6.41. The van der Waals surface area contributed by atoms with Crippen LogP contribution in [0.4, 0.5) is 4.39 Å². The van der Waals surface area contributed by atoms with Gasteiger partial charge >= 0.3 is 12.3 Å². The molecule has 1 N–H and O–H groups in total. The number of carbonyl (C=O) groups is 1. The molecule has 1 aromatic rings. The number of benzene rings is 1. The number of hydrogen-bond donors (Lipinski definition) is 1. The minimum absolute atomic E-state index is 0.164. The first-order valence-corrected chi connectivity index (χ1v) is 4.18. The van der Waals surface area contributed by atoms with Crippen LogP contribution in [0, 0.1) is 0 Å². The summed E-state index contributed by atoms with van der Waals surface area (Å²) in [4.78, 5) is 10.1. The van der Waals surface area contributed by atoms with Crippen LogP contribution in [0.1, 0.15) is 0 Å². The molecule has 0 bridgehead atoms. The average molecular weight is 249 g/mol. The predicted molar refractivity (Wildman–Crippen MR) is 47.3 cm³/mol. The highest BCUT2D eigenvalue weighted by Crippen LogP contribution is 2.24. The van der Waals surface area contributed by atoms with Crippen molar-refractivity contribution in [2.24, 2.45) is 0 Å². The number of carboxylic acid groups (broad SMARTS) is 1. The van der Waals surface area contributed by atoms with Crippen LogP contribution < -0.4 is 4.74 Å². The first-order chi connectivity index (χ1) is 6.11. The van der Waals surface area contributed by atoms with Gasteiger partial charge in [-0.2, -0.15) is 4.39 Å². The average Bonchev–Trinajstić information content (AvgIpc) is 2.08. The van der Waals surface area contributed by atoms with Gasteiger partial charge in [0, 0.05) is 0 Å². The summed E-state index contributed by atoms with van der Waals surface area (Å²) in [5.74, 6) is -1.48. The zero-order valence-corrected chi connectivity index (χ0v) is 7.99. The maximum Gasteiger partial charge on any atom is 0.378 e. The van der Waals surface area contributed by atoms with E-state index in [2.05, 4.69) is 20.7 Å². The summed E-state index contributed by atoms with van der Waals surface area (Å²) in [6.45, 7) is 0. The van der Waals surface area contributed by atoms with Gasteiger partial charge in [0.2, 0.25) is 0 Å². The fraction of sp³-hybridized carbons (Fsp3) is 0.125. The number of rotatable bonds is 3. The maximum atomic E-state index is 12.5. The number of alkyl halides is 1. The maximum absolute atomic E-state index is 12.5. The number of halogens is 2. The molecule has 0 saturated heterocycles. The molecule has 70 valence electrons. The molecule has 0 heterocycles. The molecule has 1 rings (SSSR count). The summed E-state index contributed by atoms with van der Waals surface area (Å²) in [7, 11) is 0. The molecule has 0 fully saturated rings. The molecule has 5 heteroatoms. The minimum atomic E-state index is -2.33. The van der Waals surface area contributed by atoms with Crippen molar-refractivity contribution in [2.75, 3.05) is 0 Å². The Kier molecular flexibility index (Phi) is 3.25. The Morgan fingerprint density at radius 3 is 2.69 bits per heavy atom. The van der Waals surface area contributed by atoms with E-state index in [4.69, 9.17) is 5.11 Å². The normalized spacial score (nSPS) is 12.2. The van der Waals surface area contributed by atoms with Crippen LogP contribution in [0.2, 0.25) is 0 Å². The van der Waals surface area contributed by atoms with Gasteiger partial charge in [0.1, 0.15) is 5.75 Å². The molecule has 0 aliphatic heterocycles. The van der Waals surface area contributed by atoms with Crippen LogP contribution in [0.5, 0.6) is 5.75 Å². The lowest BCUT2D eigenvalue weighted by atomic mass is 10.3. The topological polar surface area (TPSA) is 46.5 Å². The molecule has 0 amide bonds. The van der Waals surface area contributed by atoms with Crippen molar-refractivity contribution in [3.63, 3.8) is 0 Å². The van der Waals surface area contributed by atoms with Crippen molar-refractivity contribution < 1.29 is 19.0 Å². The molecular weight excluding hydrogens is 243 g/mol. The summed E-state index contributed by atoms with van der Waals surface area (Å²) in [5, 5.41) is 8.22. The standard InChI is InChI=1S/C8H6BrFO3/c9-5-3-1-2-4-6(5)13-7(10)8(11)12/h1-4,7H,(H,11,12). The molecule has 1 aromatic carbocycles. The van der Waals surface area contributed by atoms with Gasteiger partial charge in [0.15, 0.2) is 0 Å². The number of aliphatic carboxylic acids is 1. The zero-order chi connectivity index (χ0) is 9.84. The van der Waals surface area contributed by atoms with Crippen molar-refractivity contribution in [1.29, 1.82) is 0 Å². The molecule has 1 atom stereocenters. The fourth-order valence-electron chi connectivity index (χ4n) is 0.702. The Labute approximate surface area is 82.3 Å². The highest BCUT2D eigenvalue weighted by atomic mass is 79.9. The Hall–Kier alpha value is -1.10. The van der Waals surface area contributed by atoms with Gasteiger partial charge < -0.3 is 9.84 Å². The smallest absolute Gasteiger partial charge is 0.378 e. The number of ether oxygens (including phenoxy) is 1. The largest absolute Gasteiger partial charge is 0.476 e. The SMILES string of the molecule is O=C(O)C(F)Oc1ccccc1Br. The molecule has 3 nitrogen and oxygen atoms in total. The molecule has 13 heavy (non-hydrogen) atoms. The minimum Gasteiger partial charge on any atom is -0.476 e. The lowest BCUT2D eigenvalue weighted by molar-refractivity contribution is -0.153. The second-order valence-electron chi connectivity index (χ2n) is 2.20. The third-order valence-corrected chi connectivity index (χ3v) is 1.92. The van der Waals surface area contributed by atoms with Gasteiger partial charge in [-0.25, -0.2) is 4.79 Å². The number of hydrogen-bond acceptors (Lipinski definition) is 2. The van der Waals surface area contributed by atoms with E-state index in [0.29, 0.717) is 4.47 Å². The van der Waals surface area contributed by atoms with E-state index in [0.717, 1.165) is 0 Å². The van der Waals surface area contributed by atoms with Crippen molar-refractivity contribution in [2.45, 2.75) is 6.36 Å². The lowest BCUT2D eigenvalue weighted by Gasteiger charge is -2.08. The molecule has 0 radical (unpaired) electrons. The number of para-hydroxylation sites is 1. The van der Waals surface area contributed by atoms with Crippen LogP contribution in [-0.4, -0.2) is 17.4 Å². The monoisotopic (exact) mass is 248 g/mol. The van der Waals surface area contributed by atoms with E-state index in [1.807, 2.05) is 0 Å². The quantitative estimate of drug-likeness (QED) is 0.893. The van der Waals surface area contributed by atoms with Crippen LogP contribution in [-0.2, 0) is 4.79 Å². The van der Waals surface area contributed by atoms with E-state index in [9.17, 15) is 9.18 Å². The first kappa shape index (κ1) is 9.98. The van der Waals surface area contributed by atoms with E-state index >= 15 is 0 Å². The van der Waals surface area contributed by atoms with Gasteiger partial charge in [-0.15, -0.1) is 0 Å². The van der Waals surface area contributed by atoms with Crippen molar-refractivity contribution in [3.05, 3.63) is 28.7 Å². The van der Waals surface area contributed by atoms with Crippen LogP contribution in [0.3, 0.4) is 0 Å². The van der Waals surface area contributed by atoms with Gasteiger partial charge in [-0.3, -0.25) is 0 Å². The Bertz CT molecular complexity index is 316. The van der Waals surface area contributed by atoms with Gasteiger partial charge in [-0.05, 0) is 28.1 Å². The molecular formula is C8H6BrFO3. The van der Waals surface area contributed by atoms with E-state index in [1.165, 1.54) is 6.07 Å². The van der Waals surface area contributed by atoms with Gasteiger partial charge in [0.05, 0.1) is 4.47 Å². The highest BCUT2D eigenvalue weighted by Gasteiger charge is 2.17. The predicted octanol–water partition coefficient (Wildman–Crippen LogP) is 2.21. The van der Waals surface area contributed by atoms with Crippen molar-refractivity contribution in [3.8, 4) is 5.75 Å². The van der Waals surface area contributed by atoms with Crippen LogP contribution in [0.15, 0.2) is 28.7 Å². The second-order valence-corrected chi connectivity index (χ2v) is 3.06. The molecule has 0 aliphatic carbocycles.